The number of carbonyl (C=O) groups is 3. The third kappa shape index (κ3) is 4.64. The number of methoxy groups -OCH3 is 1. The second-order valence-electron chi connectivity index (χ2n) is 7.25. The number of hydrogen-bond donors (Lipinski definition) is 2. The number of nitrogens with zero attached hydrogens (tertiary/aromatic N) is 1. The summed E-state index contributed by atoms with van der Waals surface area (Å²) >= 11 is 5.08. The molecule has 0 radical (unpaired) electrons. The average Bonchev–Trinajstić information content (AvgIpc) is 2.63. The van der Waals surface area contributed by atoms with Crippen LogP contribution < -0.4 is 10.6 Å². The molecule has 0 bridgehead atoms. The van der Waals surface area contributed by atoms with Crippen molar-refractivity contribution in [3.63, 3.8) is 0 Å². The number of Topliss-reactive ketones (excluding diaryl/α,β-unsaturated/α-hetero) is 1. The molecular weight excluding hydrogens is 366 g/mol. The molecule has 8 heteroatoms. The molecule has 7 nitrogen and oxygen atoms in total. The summed E-state index contributed by atoms with van der Waals surface area (Å²) in [5, 5.41) is 14.8. The van der Waals surface area contributed by atoms with Gasteiger partial charge in [-0.3, -0.25) is 9.59 Å². The molecule has 0 aromatic rings. The van der Waals surface area contributed by atoms with Crippen molar-refractivity contribution in [2.75, 3.05) is 7.11 Å². The molecule has 0 aromatic heterocycles. The van der Waals surface area contributed by atoms with Crippen LogP contribution >= 0.6 is 12.2 Å². The van der Waals surface area contributed by atoms with Gasteiger partial charge in [-0.05, 0) is 25.1 Å². The predicted molar refractivity (Wildman–Crippen MR) is 102 cm³/mol. The average molecular weight is 394 g/mol. The number of nitriles is 1. The molecule has 2 rings (SSSR count). The van der Waals surface area contributed by atoms with E-state index in [2.05, 4.69) is 10.6 Å². The Morgan fingerprint density at radius 3 is 2.33 bits per heavy atom. The first kappa shape index (κ1) is 21.3. The molecule has 2 aliphatic rings. The number of hydrogen-bond acceptors (Lipinski definition) is 6. The summed E-state index contributed by atoms with van der Waals surface area (Å²) in [7, 11) is 1.19. The van der Waals surface area contributed by atoms with Crippen molar-refractivity contribution < 1.29 is 19.1 Å². The Morgan fingerprint density at radius 1 is 1.15 bits per heavy atom. The first-order valence-electron chi connectivity index (χ1n) is 9.61. The maximum atomic E-state index is 13.1. The minimum Gasteiger partial charge on any atom is -0.467 e. The fraction of sp³-hybridized carbons (Fsp3) is 0.737. The molecule has 1 amide bonds. The Balaban J connectivity index is 2.44. The number of rotatable bonds is 2. The quantitative estimate of drug-likeness (QED) is 0.546. The zero-order valence-electron chi connectivity index (χ0n) is 15.7. The largest absolute Gasteiger partial charge is 0.467 e. The molecule has 1 aliphatic heterocycles. The van der Waals surface area contributed by atoms with E-state index in [1.165, 1.54) is 13.5 Å². The number of esters is 1. The van der Waals surface area contributed by atoms with Gasteiger partial charge in [-0.15, -0.1) is 0 Å². The van der Waals surface area contributed by atoms with Crippen LogP contribution in [0.4, 0.5) is 0 Å². The monoisotopic (exact) mass is 393 g/mol. The Morgan fingerprint density at radius 2 is 1.74 bits per heavy atom. The highest BCUT2D eigenvalue weighted by Crippen LogP contribution is 2.36. The summed E-state index contributed by atoms with van der Waals surface area (Å²) < 4.78 is 4.95. The predicted octanol–water partition coefficient (Wildman–Crippen LogP) is 2.14. The molecule has 1 aliphatic carbocycles. The summed E-state index contributed by atoms with van der Waals surface area (Å²) in [6.45, 7) is 0. The highest BCUT2D eigenvalue weighted by Gasteiger charge is 2.60. The lowest BCUT2D eigenvalue weighted by atomic mass is 9.68. The molecular formula is C19H27N3O4S. The van der Waals surface area contributed by atoms with Crippen LogP contribution in [-0.4, -0.2) is 35.4 Å². The van der Waals surface area contributed by atoms with Crippen molar-refractivity contribution in [1.82, 2.24) is 10.6 Å². The molecule has 0 spiro atoms. The zero-order chi connectivity index (χ0) is 19.9. The molecule has 148 valence electrons. The lowest BCUT2D eigenvalue weighted by Crippen LogP contribution is -2.73. The van der Waals surface area contributed by atoms with Crippen molar-refractivity contribution in [3.05, 3.63) is 0 Å². The number of thiocarbonyl (C=S) groups is 1. The van der Waals surface area contributed by atoms with Gasteiger partial charge in [0.05, 0.1) is 19.1 Å². The maximum Gasteiger partial charge on any atom is 0.334 e. The number of ether oxygens (including phenoxy) is 1. The highest BCUT2D eigenvalue weighted by molar-refractivity contribution is 7.80. The van der Waals surface area contributed by atoms with E-state index < -0.39 is 29.3 Å². The van der Waals surface area contributed by atoms with E-state index in [9.17, 15) is 19.6 Å². The topological polar surface area (TPSA) is 108 Å². The molecule has 1 saturated heterocycles. The second kappa shape index (κ2) is 9.79. The van der Waals surface area contributed by atoms with Gasteiger partial charge < -0.3 is 15.4 Å². The van der Waals surface area contributed by atoms with Crippen LogP contribution in [0.25, 0.3) is 0 Å². The maximum absolute atomic E-state index is 13.1. The van der Waals surface area contributed by atoms with Crippen LogP contribution in [0.3, 0.4) is 0 Å². The van der Waals surface area contributed by atoms with Gasteiger partial charge in [0.25, 0.3) is 0 Å². The summed E-state index contributed by atoms with van der Waals surface area (Å²) in [5.41, 5.74) is -1.77. The summed E-state index contributed by atoms with van der Waals surface area (Å²) in [5.74, 6) is -3.81. The lowest BCUT2D eigenvalue weighted by molar-refractivity contribution is -0.159. The van der Waals surface area contributed by atoms with E-state index in [0.717, 1.165) is 44.9 Å². The molecule has 0 aromatic carbocycles. The Hall–Kier alpha value is -2.01. The third-order valence-corrected chi connectivity index (χ3v) is 5.74. The Labute approximate surface area is 165 Å². The van der Waals surface area contributed by atoms with Gasteiger partial charge in [0.1, 0.15) is 5.78 Å². The minimum atomic E-state index is -1.77. The van der Waals surface area contributed by atoms with Crippen LogP contribution in [0, 0.1) is 23.2 Å². The number of ketones is 1. The van der Waals surface area contributed by atoms with Crippen LogP contribution in [0.5, 0.6) is 0 Å². The highest BCUT2D eigenvalue weighted by atomic mass is 32.1. The second-order valence-corrected chi connectivity index (χ2v) is 7.66. The van der Waals surface area contributed by atoms with Crippen LogP contribution in [0.1, 0.15) is 64.2 Å². The van der Waals surface area contributed by atoms with Crippen LogP contribution in [0.15, 0.2) is 0 Å². The van der Waals surface area contributed by atoms with Gasteiger partial charge in [0.15, 0.2) is 16.6 Å². The van der Waals surface area contributed by atoms with E-state index in [-0.39, 0.29) is 10.9 Å². The summed E-state index contributed by atoms with van der Waals surface area (Å²) in [6.07, 6.45) is 8.59. The van der Waals surface area contributed by atoms with Crippen molar-refractivity contribution >= 4 is 35.0 Å². The normalized spacial score (nSPS) is 30.7. The van der Waals surface area contributed by atoms with Crippen LogP contribution in [0.2, 0.25) is 0 Å². The van der Waals surface area contributed by atoms with E-state index in [4.69, 9.17) is 17.0 Å². The summed E-state index contributed by atoms with van der Waals surface area (Å²) in [4.78, 5) is 38.4. The lowest BCUT2D eigenvalue weighted by Gasteiger charge is -2.44. The minimum absolute atomic E-state index is 0.0594. The molecule has 3 atom stereocenters. The van der Waals surface area contributed by atoms with E-state index in [1.54, 1.807) is 0 Å². The third-order valence-electron chi connectivity index (χ3n) is 5.53. The van der Waals surface area contributed by atoms with Crippen molar-refractivity contribution in [2.45, 2.75) is 69.7 Å². The van der Waals surface area contributed by atoms with E-state index in [0.29, 0.717) is 12.8 Å². The number of amides is 1. The molecule has 0 unspecified atom stereocenters. The molecule has 2 N–H and O–H groups in total. The van der Waals surface area contributed by atoms with Crippen LogP contribution in [-0.2, 0) is 19.1 Å². The van der Waals surface area contributed by atoms with Crippen molar-refractivity contribution in [2.24, 2.45) is 11.8 Å². The fourth-order valence-corrected chi connectivity index (χ4v) is 4.41. The van der Waals surface area contributed by atoms with Gasteiger partial charge in [0.2, 0.25) is 5.91 Å². The van der Waals surface area contributed by atoms with Crippen molar-refractivity contribution in [1.29, 1.82) is 5.26 Å². The van der Waals surface area contributed by atoms with E-state index in [1.807, 2.05) is 6.07 Å². The standard InChI is InChI=1S/C19H27N3O4S/c1-26-17(25)19(14(12-20)16(24)21-18(27)22-19)13-10-8-6-4-2-3-5-7-9-11-15(13)23/h13-14H,2-11H2,1H3,(H2,21,22,24,27)/t13-,14-,19-/m1/s1. The molecule has 1 heterocycles. The molecule has 1 saturated carbocycles. The van der Waals surface area contributed by atoms with Crippen molar-refractivity contribution in [3.8, 4) is 6.07 Å². The Kier molecular flexibility index (Phi) is 7.72. The van der Waals surface area contributed by atoms with Gasteiger partial charge in [-0.25, -0.2) is 4.79 Å². The molecule has 27 heavy (non-hydrogen) atoms. The number of nitrogens with one attached hydrogen (secondary N) is 2. The van der Waals surface area contributed by atoms with Gasteiger partial charge in [-0.2, -0.15) is 5.26 Å². The first-order valence-corrected chi connectivity index (χ1v) is 10.0. The zero-order valence-corrected chi connectivity index (χ0v) is 16.5. The van der Waals surface area contributed by atoms with Gasteiger partial charge in [-0.1, -0.05) is 44.9 Å². The smallest absolute Gasteiger partial charge is 0.334 e. The fourth-order valence-electron chi connectivity index (χ4n) is 4.14. The Bertz CT molecular complexity index is 645. The number of carbonyl (C=O) groups excluding carboxylic acids is 3. The van der Waals surface area contributed by atoms with Gasteiger partial charge in [0, 0.05) is 6.42 Å². The summed E-state index contributed by atoms with van der Waals surface area (Å²) in [6, 6.07) is 1.90. The van der Waals surface area contributed by atoms with Gasteiger partial charge >= 0.3 is 5.97 Å². The molecule has 2 fully saturated rings. The SMILES string of the molecule is COC(=O)[C@]1([C@@H]2CCCCCCCCCCC2=O)NC(=S)NC(=O)[C@H]1C#N. The first-order chi connectivity index (χ1) is 13.0. The van der Waals surface area contributed by atoms with E-state index >= 15 is 0 Å².